The molecule has 200 valence electrons. The van der Waals surface area contributed by atoms with Gasteiger partial charge in [0, 0.05) is 31.7 Å². The molecule has 1 heterocycles. The van der Waals surface area contributed by atoms with E-state index in [0.717, 1.165) is 18.4 Å². The summed E-state index contributed by atoms with van der Waals surface area (Å²) in [5, 5.41) is 5.89. The number of amides is 3. The number of piperidine rings is 1. The number of benzene rings is 2. The SMILES string of the molecule is CCOC(=O)c1cccc(NC(=O)N2CC[C@@H](CC(=O)NCc3ccc(OC)c(OC)c3)[C@H](CC)C2)c1. The first-order chi connectivity index (χ1) is 17.9. The third kappa shape index (κ3) is 7.62. The Morgan fingerprint density at radius 1 is 1.00 bits per heavy atom. The van der Waals surface area contributed by atoms with Crippen molar-refractivity contribution in [2.24, 2.45) is 11.8 Å². The van der Waals surface area contributed by atoms with E-state index in [2.05, 4.69) is 17.6 Å². The van der Waals surface area contributed by atoms with Gasteiger partial charge in [0.25, 0.3) is 0 Å². The third-order valence-electron chi connectivity index (χ3n) is 6.71. The van der Waals surface area contributed by atoms with Crippen molar-refractivity contribution in [3.63, 3.8) is 0 Å². The Morgan fingerprint density at radius 2 is 1.78 bits per heavy atom. The van der Waals surface area contributed by atoms with Gasteiger partial charge in [0.1, 0.15) is 0 Å². The number of urea groups is 1. The fraction of sp³-hybridized carbons (Fsp3) is 0.464. The molecule has 9 heteroatoms. The largest absolute Gasteiger partial charge is 0.493 e. The van der Waals surface area contributed by atoms with Crippen molar-refractivity contribution in [3.05, 3.63) is 53.6 Å². The lowest BCUT2D eigenvalue weighted by molar-refractivity contribution is -0.123. The molecule has 0 bridgehead atoms. The van der Waals surface area contributed by atoms with Gasteiger partial charge in [-0.3, -0.25) is 4.79 Å². The molecule has 0 aliphatic carbocycles. The highest BCUT2D eigenvalue weighted by Gasteiger charge is 2.31. The topological polar surface area (TPSA) is 106 Å². The fourth-order valence-electron chi connectivity index (χ4n) is 4.64. The van der Waals surface area contributed by atoms with E-state index in [1.807, 2.05) is 18.2 Å². The fourth-order valence-corrected chi connectivity index (χ4v) is 4.64. The molecule has 1 aliphatic rings. The summed E-state index contributed by atoms with van der Waals surface area (Å²) in [6, 6.07) is 12.1. The number of likely N-dealkylation sites (tertiary alicyclic amines) is 1. The highest BCUT2D eigenvalue weighted by molar-refractivity contribution is 5.94. The lowest BCUT2D eigenvalue weighted by Gasteiger charge is -2.38. The van der Waals surface area contributed by atoms with Gasteiger partial charge in [-0.15, -0.1) is 0 Å². The van der Waals surface area contributed by atoms with Gasteiger partial charge in [0.15, 0.2) is 11.5 Å². The van der Waals surface area contributed by atoms with E-state index in [4.69, 9.17) is 14.2 Å². The van der Waals surface area contributed by atoms with E-state index in [0.29, 0.717) is 48.8 Å². The van der Waals surface area contributed by atoms with Crippen LogP contribution in [0.1, 0.15) is 49.0 Å². The number of rotatable bonds is 10. The molecule has 2 N–H and O–H groups in total. The Bertz CT molecular complexity index is 1090. The van der Waals surface area contributed by atoms with Crippen LogP contribution in [-0.4, -0.2) is 56.7 Å². The van der Waals surface area contributed by atoms with Crippen LogP contribution in [0.25, 0.3) is 0 Å². The van der Waals surface area contributed by atoms with Crippen LogP contribution in [-0.2, 0) is 16.1 Å². The number of hydrogen-bond donors (Lipinski definition) is 2. The smallest absolute Gasteiger partial charge is 0.338 e. The van der Waals surface area contributed by atoms with Crippen molar-refractivity contribution in [1.82, 2.24) is 10.2 Å². The summed E-state index contributed by atoms with van der Waals surface area (Å²) in [6.07, 6.45) is 2.04. The van der Waals surface area contributed by atoms with Gasteiger partial charge >= 0.3 is 12.0 Å². The second-order valence-electron chi connectivity index (χ2n) is 9.06. The summed E-state index contributed by atoms with van der Waals surface area (Å²) in [5.74, 6) is 1.26. The molecular weight excluding hydrogens is 474 g/mol. The molecule has 0 unspecified atom stereocenters. The second-order valence-corrected chi connectivity index (χ2v) is 9.06. The minimum absolute atomic E-state index is 0.00748. The maximum absolute atomic E-state index is 12.9. The number of nitrogens with one attached hydrogen (secondary N) is 2. The molecule has 2 atom stereocenters. The van der Waals surface area contributed by atoms with E-state index in [1.54, 1.807) is 50.3 Å². The molecular formula is C28H37N3O6. The Balaban J connectivity index is 1.51. The van der Waals surface area contributed by atoms with Gasteiger partial charge < -0.3 is 29.7 Å². The van der Waals surface area contributed by atoms with Gasteiger partial charge in [0.05, 0.1) is 26.4 Å². The normalized spacial score (nSPS) is 17.0. The number of hydrogen-bond acceptors (Lipinski definition) is 6. The summed E-state index contributed by atoms with van der Waals surface area (Å²) in [6.45, 7) is 5.67. The summed E-state index contributed by atoms with van der Waals surface area (Å²) in [5.41, 5.74) is 1.86. The highest BCUT2D eigenvalue weighted by atomic mass is 16.5. The molecule has 0 radical (unpaired) electrons. The van der Waals surface area contributed by atoms with Crippen LogP contribution < -0.4 is 20.1 Å². The molecule has 9 nitrogen and oxygen atoms in total. The predicted molar refractivity (Wildman–Crippen MR) is 141 cm³/mol. The Kier molecular flexibility index (Phi) is 10.2. The Morgan fingerprint density at radius 3 is 2.49 bits per heavy atom. The van der Waals surface area contributed by atoms with Crippen LogP contribution in [0.2, 0.25) is 0 Å². The molecule has 0 aromatic heterocycles. The molecule has 2 aromatic carbocycles. The van der Waals surface area contributed by atoms with Crippen LogP contribution in [0, 0.1) is 11.8 Å². The van der Waals surface area contributed by atoms with Crippen LogP contribution in [0.3, 0.4) is 0 Å². The summed E-state index contributed by atoms with van der Waals surface area (Å²) >= 11 is 0. The zero-order valence-electron chi connectivity index (χ0n) is 22.0. The van der Waals surface area contributed by atoms with Crippen LogP contribution in [0.15, 0.2) is 42.5 Å². The molecule has 3 amide bonds. The average Bonchev–Trinajstić information content (AvgIpc) is 2.92. The van der Waals surface area contributed by atoms with Gasteiger partial charge in [-0.1, -0.05) is 25.5 Å². The first kappa shape index (κ1) is 27.8. The number of ether oxygens (including phenoxy) is 3. The molecule has 37 heavy (non-hydrogen) atoms. The van der Waals surface area contributed by atoms with Gasteiger partial charge in [0.2, 0.25) is 5.91 Å². The van der Waals surface area contributed by atoms with Crippen molar-refractivity contribution >= 4 is 23.6 Å². The molecule has 2 aromatic rings. The Labute approximate surface area is 218 Å². The van der Waals surface area contributed by atoms with Crippen molar-refractivity contribution in [1.29, 1.82) is 0 Å². The first-order valence-electron chi connectivity index (χ1n) is 12.7. The summed E-state index contributed by atoms with van der Waals surface area (Å²) in [4.78, 5) is 39.4. The number of carbonyl (C=O) groups excluding carboxylic acids is 3. The van der Waals surface area contributed by atoms with Gasteiger partial charge in [-0.25, -0.2) is 9.59 Å². The quantitative estimate of drug-likeness (QED) is 0.456. The van der Waals surface area contributed by atoms with E-state index < -0.39 is 5.97 Å². The molecule has 3 rings (SSSR count). The standard InChI is InChI=1S/C28H37N3O6/c1-5-20-18-31(28(34)30-23-9-7-8-22(15-23)27(33)37-6-2)13-12-21(20)16-26(32)29-17-19-10-11-24(35-3)25(14-19)36-4/h7-11,14-15,20-21H,5-6,12-13,16-18H2,1-4H3,(H,29,32)(H,30,34)/t20-,21+/m1/s1. The number of anilines is 1. The van der Waals surface area contributed by atoms with E-state index in [1.165, 1.54) is 0 Å². The van der Waals surface area contributed by atoms with E-state index >= 15 is 0 Å². The van der Waals surface area contributed by atoms with Crippen LogP contribution in [0.4, 0.5) is 10.5 Å². The minimum atomic E-state index is -0.421. The molecule has 1 saturated heterocycles. The van der Waals surface area contributed by atoms with Crippen LogP contribution in [0.5, 0.6) is 11.5 Å². The lowest BCUT2D eigenvalue weighted by atomic mass is 9.81. The number of esters is 1. The Hall–Kier alpha value is -3.75. The molecule has 0 spiro atoms. The molecule has 1 aliphatic heterocycles. The zero-order chi connectivity index (χ0) is 26.8. The van der Waals surface area contributed by atoms with Crippen molar-refractivity contribution in [3.8, 4) is 11.5 Å². The van der Waals surface area contributed by atoms with Gasteiger partial charge in [-0.05, 0) is 61.1 Å². The number of methoxy groups -OCH3 is 2. The van der Waals surface area contributed by atoms with Crippen molar-refractivity contribution < 1.29 is 28.6 Å². The number of carbonyl (C=O) groups is 3. The average molecular weight is 512 g/mol. The summed E-state index contributed by atoms with van der Waals surface area (Å²) < 4.78 is 15.6. The highest BCUT2D eigenvalue weighted by Crippen LogP contribution is 2.30. The minimum Gasteiger partial charge on any atom is -0.493 e. The van der Waals surface area contributed by atoms with Crippen molar-refractivity contribution in [2.75, 3.05) is 39.2 Å². The second kappa shape index (κ2) is 13.5. The maximum Gasteiger partial charge on any atom is 0.338 e. The monoisotopic (exact) mass is 511 g/mol. The molecule has 1 fully saturated rings. The van der Waals surface area contributed by atoms with E-state index in [-0.39, 0.29) is 30.4 Å². The third-order valence-corrected chi connectivity index (χ3v) is 6.71. The maximum atomic E-state index is 12.9. The predicted octanol–water partition coefficient (Wildman–Crippen LogP) is 4.47. The van der Waals surface area contributed by atoms with Crippen molar-refractivity contribution in [2.45, 2.75) is 39.7 Å². The molecule has 0 saturated carbocycles. The van der Waals surface area contributed by atoms with Crippen LogP contribution >= 0.6 is 0 Å². The lowest BCUT2D eigenvalue weighted by Crippen LogP contribution is -2.46. The zero-order valence-corrected chi connectivity index (χ0v) is 22.0. The van der Waals surface area contributed by atoms with Gasteiger partial charge in [-0.2, -0.15) is 0 Å². The first-order valence-corrected chi connectivity index (χ1v) is 12.7. The number of nitrogens with zero attached hydrogens (tertiary/aromatic N) is 1. The summed E-state index contributed by atoms with van der Waals surface area (Å²) in [7, 11) is 3.17. The van der Waals surface area contributed by atoms with E-state index in [9.17, 15) is 14.4 Å².